The van der Waals surface area contributed by atoms with Crippen molar-refractivity contribution >= 4 is 28.8 Å². The van der Waals surface area contributed by atoms with Crippen LogP contribution >= 0.6 is 11.3 Å². The molecule has 0 fully saturated rings. The maximum absolute atomic E-state index is 12.4. The largest absolute Gasteiger partial charge is 0.468 e. The highest BCUT2D eigenvalue weighted by atomic mass is 32.1. The Balaban J connectivity index is 1.51. The molecule has 1 aromatic carbocycles. The second kappa shape index (κ2) is 10.6. The summed E-state index contributed by atoms with van der Waals surface area (Å²) in [6, 6.07) is 15.4. The van der Waals surface area contributed by atoms with Gasteiger partial charge >= 0.3 is 0 Å². The zero-order valence-electron chi connectivity index (χ0n) is 16.4. The van der Waals surface area contributed by atoms with Crippen LogP contribution in [0.5, 0.6) is 0 Å². The zero-order chi connectivity index (χ0) is 20.5. The molecule has 0 aliphatic carbocycles. The fraction of sp³-hybridized carbons (Fsp3) is 0.273. The SMILES string of the molecule is CCc1ccccc1NC(=O)CNC(=O)CN(Cc1ccco1)Cc1cccs1. The van der Waals surface area contributed by atoms with Crippen molar-refractivity contribution in [3.8, 4) is 0 Å². The van der Waals surface area contributed by atoms with Crippen molar-refractivity contribution in [1.29, 1.82) is 0 Å². The molecule has 0 aliphatic rings. The van der Waals surface area contributed by atoms with E-state index in [0.717, 1.165) is 23.4 Å². The molecule has 2 amide bonds. The Morgan fingerprint density at radius 1 is 1.03 bits per heavy atom. The van der Waals surface area contributed by atoms with E-state index in [0.29, 0.717) is 13.1 Å². The molecule has 2 aromatic heterocycles. The summed E-state index contributed by atoms with van der Waals surface area (Å²) in [6.45, 7) is 3.31. The predicted octanol–water partition coefficient (Wildman–Crippen LogP) is 3.66. The Morgan fingerprint density at radius 2 is 1.90 bits per heavy atom. The molecule has 3 rings (SSSR count). The van der Waals surface area contributed by atoms with E-state index in [4.69, 9.17) is 4.42 Å². The van der Waals surface area contributed by atoms with E-state index in [1.807, 2.05) is 65.7 Å². The molecule has 2 heterocycles. The molecule has 29 heavy (non-hydrogen) atoms. The van der Waals surface area contributed by atoms with Crippen molar-refractivity contribution in [3.05, 3.63) is 76.4 Å². The minimum absolute atomic E-state index is 0.0650. The third-order valence-electron chi connectivity index (χ3n) is 4.40. The van der Waals surface area contributed by atoms with Crippen molar-refractivity contribution in [2.45, 2.75) is 26.4 Å². The molecule has 7 heteroatoms. The van der Waals surface area contributed by atoms with Crippen LogP contribution in [0.15, 0.2) is 64.6 Å². The molecule has 0 spiro atoms. The number of carbonyl (C=O) groups is 2. The summed E-state index contributed by atoms with van der Waals surface area (Å²) in [5, 5.41) is 7.59. The summed E-state index contributed by atoms with van der Waals surface area (Å²) in [5.41, 5.74) is 1.85. The van der Waals surface area contributed by atoms with Gasteiger partial charge in [-0.25, -0.2) is 0 Å². The lowest BCUT2D eigenvalue weighted by molar-refractivity contribution is -0.125. The molecule has 0 unspecified atom stereocenters. The smallest absolute Gasteiger partial charge is 0.243 e. The molecule has 0 saturated heterocycles. The van der Waals surface area contributed by atoms with Crippen LogP contribution in [0.25, 0.3) is 0 Å². The molecule has 0 radical (unpaired) electrons. The minimum Gasteiger partial charge on any atom is -0.468 e. The molecule has 0 saturated carbocycles. The highest BCUT2D eigenvalue weighted by molar-refractivity contribution is 7.09. The fourth-order valence-corrected chi connectivity index (χ4v) is 3.74. The Hall–Kier alpha value is -2.90. The first kappa shape index (κ1) is 20.8. The van der Waals surface area contributed by atoms with Crippen LogP contribution in [0.4, 0.5) is 5.69 Å². The highest BCUT2D eigenvalue weighted by Gasteiger charge is 2.15. The van der Waals surface area contributed by atoms with Crippen LogP contribution in [0.3, 0.4) is 0 Å². The summed E-state index contributed by atoms with van der Waals surface area (Å²) in [5.74, 6) is 0.352. The standard InChI is InChI=1S/C22H25N3O3S/c1-2-17-7-3-4-10-20(17)24-21(26)13-23-22(27)16-25(14-18-8-5-11-28-18)15-19-9-6-12-29-19/h3-12H,2,13-16H2,1H3,(H,23,27)(H,24,26). The average Bonchev–Trinajstić information content (AvgIpc) is 3.41. The lowest BCUT2D eigenvalue weighted by Gasteiger charge is -2.20. The lowest BCUT2D eigenvalue weighted by Crippen LogP contribution is -2.40. The Morgan fingerprint density at radius 3 is 2.62 bits per heavy atom. The number of furan rings is 1. The lowest BCUT2D eigenvalue weighted by atomic mass is 10.1. The van der Waals surface area contributed by atoms with Crippen LogP contribution in [0, 0.1) is 0 Å². The second-order valence-corrected chi connectivity index (χ2v) is 7.67. The normalized spacial score (nSPS) is 10.8. The summed E-state index contributed by atoms with van der Waals surface area (Å²) in [4.78, 5) is 27.8. The minimum atomic E-state index is -0.241. The van der Waals surface area contributed by atoms with E-state index in [-0.39, 0.29) is 24.9 Å². The van der Waals surface area contributed by atoms with Crippen molar-refractivity contribution in [2.75, 3.05) is 18.4 Å². The number of rotatable bonds is 10. The fourth-order valence-electron chi connectivity index (χ4n) is 3.00. The van der Waals surface area contributed by atoms with Crippen LogP contribution in [-0.4, -0.2) is 29.8 Å². The highest BCUT2D eigenvalue weighted by Crippen LogP contribution is 2.16. The van der Waals surface area contributed by atoms with E-state index in [1.54, 1.807) is 17.6 Å². The van der Waals surface area contributed by atoms with Gasteiger partial charge in [-0.3, -0.25) is 14.5 Å². The van der Waals surface area contributed by atoms with E-state index in [2.05, 4.69) is 10.6 Å². The van der Waals surface area contributed by atoms with Crippen LogP contribution in [0.1, 0.15) is 23.1 Å². The molecule has 0 atom stereocenters. The Labute approximate surface area is 174 Å². The molecule has 6 nitrogen and oxygen atoms in total. The number of nitrogens with zero attached hydrogens (tertiary/aromatic N) is 1. The van der Waals surface area contributed by atoms with Gasteiger partial charge in [0.2, 0.25) is 11.8 Å². The first-order chi connectivity index (χ1) is 14.1. The molecular weight excluding hydrogens is 386 g/mol. The van der Waals surface area contributed by atoms with Crippen molar-refractivity contribution in [1.82, 2.24) is 10.2 Å². The number of para-hydroxylation sites is 1. The van der Waals surface area contributed by atoms with Gasteiger partial charge in [0.1, 0.15) is 5.76 Å². The van der Waals surface area contributed by atoms with Gasteiger partial charge in [0.15, 0.2) is 0 Å². The Kier molecular flexibility index (Phi) is 7.61. The molecule has 0 aliphatic heterocycles. The quantitative estimate of drug-likeness (QED) is 0.534. The number of hydrogen-bond donors (Lipinski definition) is 2. The first-order valence-corrected chi connectivity index (χ1v) is 10.4. The maximum Gasteiger partial charge on any atom is 0.243 e. The van der Waals surface area contributed by atoms with E-state index in [9.17, 15) is 9.59 Å². The van der Waals surface area contributed by atoms with Crippen LogP contribution < -0.4 is 10.6 Å². The van der Waals surface area contributed by atoms with E-state index in [1.165, 1.54) is 4.88 Å². The molecule has 3 aromatic rings. The number of aryl methyl sites for hydroxylation is 1. The Bertz CT molecular complexity index is 871. The average molecular weight is 412 g/mol. The summed E-state index contributed by atoms with van der Waals surface area (Å²) < 4.78 is 5.42. The number of carbonyl (C=O) groups excluding carboxylic acids is 2. The van der Waals surface area contributed by atoms with Gasteiger partial charge in [0.05, 0.1) is 25.9 Å². The van der Waals surface area contributed by atoms with Gasteiger partial charge in [-0.15, -0.1) is 11.3 Å². The van der Waals surface area contributed by atoms with Crippen LogP contribution in [-0.2, 0) is 29.1 Å². The number of thiophene rings is 1. The van der Waals surface area contributed by atoms with Crippen LogP contribution in [0.2, 0.25) is 0 Å². The number of amides is 2. The van der Waals surface area contributed by atoms with Crippen molar-refractivity contribution < 1.29 is 14.0 Å². The number of benzene rings is 1. The van der Waals surface area contributed by atoms with Gasteiger partial charge in [0.25, 0.3) is 0 Å². The molecular formula is C22H25N3O3S. The number of anilines is 1. The van der Waals surface area contributed by atoms with E-state index < -0.39 is 0 Å². The van der Waals surface area contributed by atoms with Gasteiger partial charge in [-0.2, -0.15) is 0 Å². The summed E-state index contributed by atoms with van der Waals surface area (Å²) >= 11 is 1.65. The van der Waals surface area contributed by atoms with Crippen molar-refractivity contribution in [3.63, 3.8) is 0 Å². The third kappa shape index (κ3) is 6.58. The first-order valence-electron chi connectivity index (χ1n) is 9.55. The molecule has 152 valence electrons. The van der Waals surface area contributed by atoms with Gasteiger partial charge in [-0.05, 0) is 41.6 Å². The van der Waals surface area contributed by atoms with Gasteiger partial charge in [-0.1, -0.05) is 31.2 Å². The summed E-state index contributed by atoms with van der Waals surface area (Å²) in [6.07, 6.45) is 2.45. The number of nitrogens with one attached hydrogen (secondary N) is 2. The third-order valence-corrected chi connectivity index (χ3v) is 5.27. The van der Waals surface area contributed by atoms with Crippen molar-refractivity contribution in [2.24, 2.45) is 0 Å². The number of hydrogen-bond acceptors (Lipinski definition) is 5. The predicted molar refractivity (Wildman–Crippen MR) is 115 cm³/mol. The maximum atomic E-state index is 12.4. The van der Waals surface area contributed by atoms with E-state index >= 15 is 0 Å². The van der Waals surface area contributed by atoms with Gasteiger partial charge < -0.3 is 15.1 Å². The topological polar surface area (TPSA) is 74.6 Å². The monoisotopic (exact) mass is 411 g/mol. The second-order valence-electron chi connectivity index (χ2n) is 6.64. The van der Waals surface area contributed by atoms with Gasteiger partial charge in [0, 0.05) is 17.1 Å². The molecule has 0 bridgehead atoms. The zero-order valence-corrected chi connectivity index (χ0v) is 17.2. The summed E-state index contributed by atoms with van der Waals surface area (Å²) in [7, 11) is 0. The molecule has 2 N–H and O–H groups in total.